The molecule has 0 aromatic heterocycles. The minimum absolute atomic E-state index is 0.146. The van der Waals surface area contributed by atoms with Gasteiger partial charge in [0.15, 0.2) is 0 Å². The van der Waals surface area contributed by atoms with Crippen molar-refractivity contribution in [2.75, 3.05) is 26.2 Å². The highest BCUT2D eigenvalue weighted by Gasteiger charge is 2.27. The van der Waals surface area contributed by atoms with Crippen molar-refractivity contribution in [2.24, 2.45) is 0 Å². The van der Waals surface area contributed by atoms with Gasteiger partial charge in [0.1, 0.15) is 5.82 Å². The van der Waals surface area contributed by atoms with Gasteiger partial charge >= 0.3 is 0 Å². The molecule has 0 aliphatic carbocycles. The Bertz CT molecular complexity index is 680. The summed E-state index contributed by atoms with van der Waals surface area (Å²) in [6.07, 6.45) is 0.700. The van der Waals surface area contributed by atoms with E-state index in [0.717, 1.165) is 36.8 Å². The Hall–Kier alpha value is -1.46. The van der Waals surface area contributed by atoms with Crippen LogP contribution in [-0.2, 0) is 13.1 Å². The molecular formula is C20H24ClFN2O. The number of nitrogens with zero attached hydrogens (tertiary/aromatic N) is 2. The Labute approximate surface area is 153 Å². The minimum atomic E-state index is -0.158. The van der Waals surface area contributed by atoms with Gasteiger partial charge in [-0.2, -0.15) is 0 Å². The molecule has 1 heterocycles. The molecule has 1 N–H and O–H groups in total. The van der Waals surface area contributed by atoms with Crippen LogP contribution in [0.15, 0.2) is 48.5 Å². The van der Waals surface area contributed by atoms with Crippen LogP contribution < -0.4 is 0 Å². The average Bonchev–Trinajstić information content (AvgIpc) is 2.61. The van der Waals surface area contributed by atoms with Crippen LogP contribution in [0.3, 0.4) is 0 Å². The molecule has 0 unspecified atom stereocenters. The maximum absolute atomic E-state index is 14.0. The standard InChI is InChI=1S/C20H24ClFN2O/c21-18-7-5-16(6-8-18)13-23-10-11-24(19(15-23)9-12-25)14-17-3-1-2-4-20(17)22/h1-8,19,25H,9-15H2/t19-/m0/s1. The highest BCUT2D eigenvalue weighted by molar-refractivity contribution is 6.30. The lowest BCUT2D eigenvalue weighted by Crippen LogP contribution is -2.52. The molecule has 25 heavy (non-hydrogen) atoms. The van der Waals surface area contributed by atoms with E-state index in [1.54, 1.807) is 6.07 Å². The van der Waals surface area contributed by atoms with Crippen molar-refractivity contribution in [1.82, 2.24) is 9.80 Å². The SMILES string of the molecule is OCC[C@H]1CN(Cc2ccc(Cl)cc2)CCN1Cc1ccccc1F. The lowest BCUT2D eigenvalue weighted by molar-refractivity contribution is 0.0493. The fourth-order valence-electron chi connectivity index (χ4n) is 3.43. The van der Waals surface area contributed by atoms with E-state index in [0.29, 0.717) is 13.0 Å². The van der Waals surface area contributed by atoms with Gasteiger partial charge in [-0.1, -0.05) is 41.9 Å². The zero-order chi connectivity index (χ0) is 17.6. The number of benzene rings is 2. The van der Waals surface area contributed by atoms with Crippen molar-refractivity contribution < 1.29 is 9.50 Å². The van der Waals surface area contributed by atoms with Gasteiger partial charge in [0.2, 0.25) is 0 Å². The van der Waals surface area contributed by atoms with E-state index >= 15 is 0 Å². The Balaban J connectivity index is 1.63. The molecule has 1 atom stereocenters. The predicted octanol–water partition coefficient (Wildman–Crippen LogP) is 3.55. The molecule has 1 aliphatic rings. The van der Waals surface area contributed by atoms with Gasteiger partial charge in [-0.15, -0.1) is 0 Å². The molecule has 3 nitrogen and oxygen atoms in total. The maximum Gasteiger partial charge on any atom is 0.127 e. The normalized spacial score (nSPS) is 19.2. The van der Waals surface area contributed by atoms with E-state index < -0.39 is 0 Å². The summed E-state index contributed by atoms with van der Waals surface area (Å²) in [6.45, 7) is 4.27. The van der Waals surface area contributed by atoms with Gasteiger partial charge in [-0.25, -0.2) is 4.39 Å². The summed E-state index contributed by atoms with van der Waals surface area (Å²) >= 11 is 5.95. The van der Waals surface area contributed by atoms with Crippen molar-refractivity contribution in [1.29, 1.82) is 0 Å². The molecule has 0 spiro atoms. The molecule has 5 heteroatoms. The summed E-state index contributed by atoms with van der Waals surface area (Å²) in [5, 5.41) is 10.2. The van der Waals surface area contributed by atoms with Crippen LogP contribution in [0.5, 0.6) is 0 Å². The average molecular weight is 363 g/mol. The van der Waals surface area contributed by atoms with E-state index in [4.69, 9.17) is 11.6 Å². The summed E-state index contributed by atoms with van der Waals surface area (Å²) < 4.78 is 14.0. The number of piperazine rings is 1. The summed E-state index contributed by atoms with van der Waals surface area (Å²) in [4.78, 5) is 4.68. The second kappa shape index (κ2) is 8.77. The second-order valence-corrected chi connectivity index (χ2v) is 7.03. The van der Waals surface area contributed by atoms with Crippen LogP contribution >= 0.6 is 11.6 Å². The smallest absolute Gasteiger partial charge is 0.127 e. The first kappa shape index (κ1) is 18.3. The number of halogens is 2. The summed E-state index contributed by atoms with van der Waals surface area (Å²) in [7, 11) is 0. The van der Waals surface area contributed by atoms with Crippen LogP contribution in [0.4, 0.5) is 4.39 Å². The van der Waals surface area contributed by atoms with Crippen molar-refractivity contribution in [3.8, 4) is 0 Å². The molecule has 2 aromatic carbocycles. The molecule has 0 radical (unpaired) electrons. The third kappa shape index (κ3) is 5.02. The van der Waals surface area contributed by atoms with E-state index in [1.807, 2.05) is 24.3 Å². The van der Waals surface area contributed by atoms with Gasteiger partial charge in [0.25, 0.3) is 0 Å². The van der Waals surface area contributed by atoms with E-state index in [9.17, 15) is 9.50 Å². The largest absolute Gasteiger partial charge is 0.396 e. The van der Waals surface area contributed by atoms with Crippen LogP contribution in [0.1, 0.15) is 17.5 Å². The summed E-state index contributed by atoms with van der Waals surface area (Å²) in [5.74, 6) is -0.158. The Kier molecular flexibility index (Phi) is 6.43. The fourth-order valence-corrected chi connectivity index (χ4v) is 3.55. The highest BCUT2D eigenvalue weighted by Crippen LogP contribution is 2.20. The molecule has 1 aliphatic heterocycles. The van der Waals surface area contributed by atoms with Crippen LogP contribution in [0, 0.1) is 5.82 Å². The van der Waals surface area contributed by atoms with Gasteiger partial charge in [-0.3, -0.25) is 9.80 Å². The number of aliphatic hydroxyl groups is 1. The molecule has 0 saturated carbocycles. The van der Waals surface area contributed by atoms with E-state index in [2.05, 4.69) is 21.9 Å². The van der Waals surface area contributed by atoms with Gasteiger partial charge in [0.05, 0.1) is 0 Å². The Morgan fingerprint density at radius 1 is 1.04 bits per heavy atom. The third-order valence-corrected chi connectivity index (χ3v) is 5.05. The Morgan fingerprint density at radius 2 is 1.80 bits per heavy atom. The number of hydrogen-bond donors (Lipinski definition) is 1. The molecule has 3 rings (SSSR count). The molecule has 2 aromatic rings. The first-order chi connectivity index (χ1) is 12.2. The topological polar surface area (TPSA) is 26.7 Å². The van der Waals surface area contributed by atoms with E-state index in [1.165, 1.54) is 11.6 Å². The highest BCUT2D eigenvalue weighted by atomic mass is 35.5. The van der Waals surface area contributed by atoms with Crippen LogP contribution in [0.2, 0.25) is 5.02 Å². The molecule has 1 saturated heterocycles. The predicted molar refractivity (Wildman–Crippen MR) is 99.0 cm³/mol. The number of aliphatic hydroxyl groups excluding tert-OH is 1. The van der Waals surface area contributed by atoms with Gasteiger partial charge in [0, 0.05) is 56.0 Å². The van der Waals surface area contributed by atoms with Crippen molar-refractivity contribution in [2.45, 2.75) is 25.6 Å². The van der Waals surface area contributed by atoms with E-state index in [-0.39, 0.29) is 18.5 Å². The number of hydrogen-bond acceptors (Lipinski definition) is 3. The maximum atomic E-state index is 14.0. The second-order valence-electron chi connectivity index (χ2n) is 6.59. The molecule has 0 amide bonds. The monoisotopic (exact) mass is 362 g/mol. The molecule has 0 bridgehead atoms. The summed E-state index contributed by atoms with van der Waals surface area (Å²) in [5.41, 5.74) is 1.95. The lowest BCUT2D eigenvalue weighted by atomic mass is 10.1. The molecule has 1 fully saturated rings. The van der Waals surface area contributed by atoms with Gasteiger partial charge in [-0.05, 0) is 30.2 Å². The van der Waals surface area contributed by atoms with Crippen molar-refractivity contribution in [3.63, 3.8) is 0 Å². The minimum Gasteiger partial charge on any atom is -0.396 e. The van der Waals surface area contributed by atoms with Gasteiger partial charge < -0.3 is 5.11 Å². The first-order valence-electron chi connectivity index (χ1n) is 8.71. The van der Waals surface area contributed by atoms with Crippen molar-refractivity contribution in [3.05, 3.63) is 70.5 Å². The molecular weight excluding hydrogens is 339 g/mol. The van der Waals surface area contributed by atoms with Crippen molar-refractivity contribution >= 4 is 11.6 Å². The number of rotatable bonds is 6. The van der Waals surface area contributed by atoms with Crippen LogP contribution in [-0.4, -0.2) is 47.2 Å². The van der Waals surface area contributed by atoms with Crippen LogP contribution in [0.25, 0.3) is 0 Å². The first-order valence-corrected chi connectivity index (χ1v) is 9.08. The summed E-state index contributed by atoms with van der Waals surface area (Å²) in [6, 6.07) is 15.1. The molecule has 134 valence electrons. The fraction of sp³-hybridized carbons (Fsp3) is 0.400. The third-order valence-electron chi connectivity index (χ3n) is 4.80. The lowest BCUT2D eigenvalue weighted by Gasteiger charge is -2.41. The zero-order valence-corrected chi connectivity index (χ0v) is 15.0. The quantitative estimate of drug-likeness (QED) is 0.851. The Morgan fingerprint density at radius 3 is 2.52 bits per heavy atom. The zero-order valence-electron chi connectivity index (χ0n) is 14.2.